The summed E-state index contributed by atoms with van der Waals surface area (Å²) in [5.41, 5.74) is 0.264. The average molecular weight is 332 g/mol. The highest BCUT2D eigenvalue weighted by Gasteiger charge is 2.24. The maximum atomic E-state index is 14.2. The number of nitrogens with zero attached hydrogens (tertiary/aromatic N) is 2. The summed E-state index contributed by atoms with van der Waals surface area (Å²) >= 11 is 0. The van der Waals surface area contributed by atoms with Gasteiger partial charge in [-0.1, -0.05) is 0 Å². The second kappa shape index (κ2) is 6.34. The van der Waals surface area contributed by atoms with Crippen molar-refractivity contribution in [2.24, 2.45) is 11.8 Å². The van der Waals surface area contributed by atoms with Gasteiger partial charge >= 0.3 is 0 Å². The highest BCUT2D eigenvalue weighted by atomic mass is 19.1. The number of benzene rings is 1. The third-order valence-corrected chi connectivity index (χ3v) is 4.21. The molecule has 2 aliphatic carbocycles. The highest BCUT2D eigenvalue weighted by Crippen LogP contribution is 2.33. The monoisotopic (exact) mass is 332 g/mol. The Hall–Kier alpha value is -2.24. The first-order valence-electron chi connectivity index (χ1n) is 8.27. The minimum Gasteiger partial charge on any atom is -0.487 e. The van der Waals surface area contributed by atoms with Crippen LogP contribution in [0.15, 0.2) is 24.4 Å². The Balaban J connectivity index is 1.52. The summed E-state index contributed by atoms with van der Waals surface area (Å²) in [6.07, 6.45) is 6.00. The number of rotatable bonds is 7. The molecule has 0 spiro atoms. The van der Waals surface area contributed by atoms with Crippen LogP contribution in [0, 0.1) is 23.5 Å². The van der Waals surface area contributed by atoms with Gasteiger partial charge in [-0.25, -0.2) is 13.8 Å². The predicted octanol–water partition coefficient (Wildman–Crippen LogP) is 4.00. The van der Waals surface area contributed by atoms with Crippen molar-refractivity contribution in [2.45, 2.75) is 25.7 Å². The van der Waals surface area contributed by atoms with E-state index in [-0.39, 0.29) is 17.1 Å². The fourth-order valence-corrected chi connectivity index (χ4v) is 2.36. The van der Waals surface area contributed by atoms with Crippen LogP contribution in [0.2, 0.25) is 0 Å². The summed E-state index contributed by atoms with van der Waals surface area (Å²) in [4.78, 5) is 8.31. The Morgan fingerprint density at radius 1 is 0.958 bits per heavy atom. The molecule has 4 rings (SSSR count). The second-order valence-corrected chi connectivity index (χ2v) is 6.50. The van der Waals surface area contributed by atoms with Gasteiger partial charge in [0.15, 0.2) is 23.2 Å². The fraction of sp³-hybridized carbons (Fsp3) is 0.444. The lowest BCUT2D eigenvalue weighted by Crippen LogP contribution is -2.04. The smallest absolute Gasteiger partial charge is 0.216 e. The van der Waals surface area contributed by atoms with Gasteiger partial charge in [-0.2, -0.15) is 4.98 Å². The Morgan fingerprint density at radius 3 is 2.21 bits per heavy atom. The van der Waals surface area contributed by atoms with Crippen LogP contribution in [-0.2, 0) is 0 Å². The Bertz CT molecular complexity index is 723. The van der Waals surface area contributed by atoms with Gasteiger partial charge in [0.1, 0.15) is 0 Å². The molecule has 2 fully saturated rings. The predicted molar refractivity (Wildman–Crippen MR) is 83.8 cm³/mol. The lowest BCUT2D eigenvalue weighted by molar-refractivity contribution is 0.270. The van der Waals surface area contributed by atoms with Crippen LogP contribution in [0.3, 0.4) is 0 Å². The maximum absolute atomic E-state index is 14.2. The normalized spacial score (nSPS) is 16.9. The first-order chi connectivity index (χ1) is 11.7. The number of ether oxygens (including phenoxy) is 2. The maximum Gasteiger partial charge on any atom is 0.216 e. The van der Waals surface area contributed by atoms with Crippen LogP contribution >= 0.6 is 0 Å². The summed E-state index contributed by atoms with van der Waals surface area (Å²) in [6, 6.07) is 4.04. The van der Waals surface area contributed by atoms with Crippen LogP contribution in [0.4, 0.5) is 8.78 Å². The van der Waals surface area contributed by atoms with Crippen molar-refractivity contribution in [3.8, 4) is 23.0 Å². The third kappa shape index (κ3) is 3.63. The van der Waals surface area contributed by atoms with Crippen molar-refractivity contribution < 1.29 is 18.3 Å². The first-order valence-corrected chi connectivity index (χ1v) is 8.27. The molecule has 2 aliphatic rings. The van der Waals surface area contributed by atoms with Crippen LogP contribution < -0.4 is 9.47 Å². The molecule has 2 aromatic rings. The van der Waals surface area contributed by atoms with E-state index in [2.05, 4.69) is 9.97 Å². The molecule has 0 N–H and O–H groups in total. The number of hydrogen-bond donors (Lipinski definition) is 0. The number of aromatic nitrogens is 2. The van der Waals surface area contributed by atoms with E-state index in [1.54, 1.807) is 6.07 Å². The summed E-state index contributed by atoms with van der Waals surface area (Å²) in [5.74, 6) is -0.131. The number of halogens is 2. The van der Waals surface area contributed by atoms with E-state index in [4.69, 9.17) is 9.47 Å². The summed E-state index contributed by atoms with van der Waals surface area (Å²) in [6.45, 7) is 0.974. The van der Waals surface area contributed by atoms with Crippen LogP contribution in [-0.4, -0.2) is 23.2 Å². The largest absolute Gasteiger partial charge is 0.487 e. The molecule has 0 aliphatic heterocycles. The summed E-state index contributed by atoms with van der Waals surface area (Å²) in [5, 5.41) is 0. The van der Waals surface area contributed by atoms with Gasteiger partial charge < -0.3 is 9.47 Å². The molecule has 2 saturated carbocycles. The van der Waals surface area contributed by atoms with E-state index in [0.717, 1.165) is 12.8 Å². The van der Waals surface area contributed by atoms with Gasteiger partial charge in [-0.15, -0.1) is 0 Å². The molecule has 0 unspecified atom stereocenters. The summed E-state index contributed by atoms with van der Waals surface area (Å²) in [7, 11) is 0. The van der Waals surface area contributed by atoms with E-state index in [0.29, 0.717) is 30.9 Å². The van der Waals surface area contributed by atoms with E-state index < -0.39 is 11.6 Å². The molecule has 0 bridgehead atoms. The Labute approximate surface area is 138 Å². The Morgan fingerprint density at radius 2 is 1.58 bits per heavy atom. The zero-order valence-corrected chi connectivity index (χ0v) is 13.2. The molecule has 0 atom stereocenters. The van der Waals surface area contributed by atoms with Gasteiger partial charge in [0, 0.05) is 17.8 Å². The van der Waals surface area contributed by atoms with Gasteiger partial charge in [0.2, 0.25) is 5.88 Å². The molecule has 0 amide bonds. The minimum atomic E-state index is -0.737. The molecule has 0 radical (unpaired) electrons. The van der Waals surface area contributed by atoms with E-state index in [1.165, 1.54) is 31.2 Å². The lowest BCUT2D eigenvalue weighted by atomic mass is 10.2. The summed E-state index contributed by atoms with van der Waals surface area (Å²) < 4.78 is 39.2. The van der Waals surface area contributed by atoms with Crippen molar-refractivity contribution in [2.75, 3.05) is 13.2 Å². The topological polar surface area (TPSA) is 44.2 Å². The van der Waals surface area contributed by atoms with E-state index >= 15 is 0 Å². The molecule has 24 heavy (non-hydrogen) atoms. The van der Waals surface area contributed by atoms with Crippen LogP contribution in [0.5, 0.6) is 11.6 Å². The zero-order chi connectivity index (χ0) is 16.5. The zero-order valence-electron chi connectivity index (χ0n) is 13.2. The minimum absolute atomic E-state index is 0.231. The molecular formula is C18H18F2N2O2. The average Bonchev–Trinajstić information content (AvgIpc) is 3.46. The fourth-order valence-electron chi connectivity index (χ4n) is 2.36. The molecule has 126 valence electrons. The van der Waals surface area contributed by atoms with Crippen molar-refractivity contribution >= 4 is 0 Å². The van der Waals surface area contributed by atoms with Gasteiger partial charge in [-0.3, -0.25) is 0 Å². The van der Waals surface area contributed by atoms with E-state index in [9.17, 15) is 8.78 Å². The van der Waals surface area contributed by atoms with Gasteiger partial charge in [-0.05, 0) is 49.7 Å². The molecule has 1 heterocycles. The number of hydrogen-bond acceptors (Lipinski definition) is 4. The molecular weight excluding hydrogens is 314 g/mol. The Kier molecular flexibility index (Phi) is 4.04. The van der Waals surface area contributed by atoms with Gasteiger partial charge in [0.25, 0.3) is 0 Å². The van der Waals surface area contributed by atoms with Crippen LogP contribution in [0.1, 0.15) is 25.7 Å². The molecule has 1 aromatic heterocycles. The second-order valence-electron chi connectivity index (χ2n) is 6.50. The van der Waals surface area contributed by atoms with Crippen molar-refractivity contribution in [1.82, 2.24) is 9.97 Å². The lowest BCUT2D eigenvalue weighted by Gasteiger charge is -2.10. The first kappa shape index (κ1) is 15.3. The van der Waals surface area contributed by atoms with Crippen molar-refractivity contribution in [3.63, 3.8) is 0 Å². The standard InChI is InChI=1S/C18H18F2N2O2/c19-14-7-13(8-15(20)17(14)24-10-12-3-4-12)18-21-6-5-16(22-18)23-9-11-1-2-11/h5-8,11-12H,1-4,9-10H2. The van der Waals surface area contributed by atoms with Crippen LogP contribution in [0.25, 0.3) is 11.4 Å². The highest BCUT2D eigenvalue weighted by molar-refractivity contribution is 5.57. The van der Waals surface area contributed by atoms with E-state index in [1.807, 2.05) is 0 Å². The quantitative estimate of drug-likeness (QED) is 0.769. The van der Waals surface area contributed by atoms with Crippen molar-refractivity contribution in [3.05, 3.63) is 36.0 Å². The molecule has 4 nitrogen and oxygen atoms in total. The van der Waals surface area contributed by atoms with Crippen molar-refractivity contribution in [1.29, 1.82) is 0 Å². The molecule has 6 heteroatoms. The molecule has 1 aromatic carbocycles. The SMILES string of the molecule is Fc1cc(-c2nccc(OCC3CC3)n2)cc(F)c1OCC1CC1. The van der Waals surface area contributed by atoms with Gasteiger partial charge in [0.05, 0.1) is 13.2 Å². The molecule has 0 saturated heterocycles. The third-order valence-electron chi connectivity index (χ3n) is 4.21.